The van der Waals surface area contributed by atoms with Gasteiger partial charge in [0.25, 0.3) is 6.43 Å². The number of piperazine rings is 1. The van der Waals surface area contributed by atoms with Crippen LogP contribution in [0, 0.1) is 5.82 Å². The maximum atomic E-state index is 13.3. The summed E-state index contributed by atoms with van der Waals surface area (Å²) < 4.78 is 40.0. The van der Waals surface area contributed by atoms with Crippen molar-refractivity contribution in [3.63, 3.8) is 0 Å². The highest BCUT2D eigenvalue weighted by molar-refractivity contribution is 9.10. The first-order valence-corrected chi connectivity index (χ1v) is 6.57. The third-order valence-corrected chi connectivity index (χ3v) is 3.75. The minimum Gasteiger partial charge on any atom is -0.314 e. The van der Waals surface area contributed by atoms with Gasteiger partial charge in [-0.1, -0.05) is 22.0 Å². The highest BCUT2D eigenvalue weighted by atomic mass is 79.9. The molecule has 1 atom stereocenters. The number of benzene rings is 1. The summed E-state index contributed by atoms with van der Waals surface area (Å²) >= 11 is 3.17. The summed E-state index contributed by atoms with van der Waals surface area (Å²) in [4.78, 5) is 1.74. The fraction of sp³-hybridized carbons (Fsp3) is 0.500. The Kier molecular flexibility index (Phi) is 9.09. The maximum absolute atomic E-state index is 13.3. The molecule has 0 radical (unpaired) electrons. The molecular formula is C12H16BrCl2F3N2. The van der Waals surface area contributed by atoms with Crippen molar-refractivity contribution < 1.29 is 13.2 Å². The first kappa shape index (κ1) is 20.0. The summed E-state index contributed by atoms with van der Waals surface area (Å²) in [5.41, 5.74) is 0.438. The van der Waals surface area contributed by atoms with Gasteiger partial charge in [0.1, 0.15) is 5.82 Å². The van der Waals surface area contributed by atoms with Crippen molar-refractivity contribution in [2.45, 2.75) is 12.5 Å². The predicted octanol–water partition coefficient (Wildman–Crippen LogP) is 3.64. The number of halogens is 6. The minimum atomic E-state index is -2.50. The molecule has 1 aromatic rings. The van der Waals surface area contributed by atoms with Gasteiger partial charge in [-0.25, -0.2) is 13.2 Å². The van der Waals surface area contributed by atoms with Crippen molar-refractivity contribution in [3.8, 4) is 0 Å². The molecule has 8 heteroatoms. The van der Waals surface area contributed by atoms with Crippen molar-refractivity contribution >= 4 is 40.7 Å². The van der Waals surface area contributed by atoms with Crippen molar-refractivity contribution in [2.75, 3.05) is 26.2 Å². The zero-order chi connectivity index (χ0) is 13.1. The third kappa shape index (κ3) is 4.77. The van der Waals surface area contributed by atoms with Crippen LogP contribution in [0.15, 0.2) is 22.7 Å². The van der Waals surface area contributed by atoms with E-state index in [1.807, 2.05) is 0 Å². The van der Waals surface area contributed by atoms with Crippen molar-refractivity contribution in [1.82, 2.24) is 10.2 Å². The van der Waals surface area contributed by atoms with E-state index in [9.17, 15) is 13.2 Å². The largest absolute Gasteiger partial charge is 0.314 e. The number of hydrogen-bond acceptors (Lipinski definition) is 2. The summed E-state index contributed by atoms with van der Waals surface area (Å²) in [6, 6.07) is 2.89. The number of hydrogen-bond donors (Lipinski definition) is 1. The quantitative estimate of drug-likeness (QED) is 0.840. The Morgan fingerprint density at radius 2 is 1.75 bits per heavy atom. The van der Waals surface area contributed by atoms with E-state index >= 15 is 0 Å². The lowest BCUT2D eigenvalue weighted by Crippen LogP contribution is -2.47. The van der Waals surface area contributed by atoms with Gasteiger partial charge in [-0.05, 0) is 17.7 Å². The van der Waals surface area contributed by atoms with Gasteiger partial charge in [0, 0.05) is 30.7 Å². The van der Waals surface area contributed by atoms with Crippen molar-refractivity contribution in [1.29, 1.82) is 0 Å². The van der Waals surface area contributed by atoms with E-state index in [-0.39, 0.29) is 24.8 Å². The molecule has 116 valence electrons. The Morgan fingerprint density at radius 1 is 1.15 bits per heavy atom. The van der Waals surface area contributed by atoms with Crippen LogP contribution in [0.25, 0.3) is 0 Å². The third-order valence-electron chi connectivity index (χ3n) is 3.06. The second-order valence-corrected chi connectivity index (χ2v) is 5.09. The van der Waals surface area contributed by atoms with E-state index in [0.717, 1.165) is 0 Å². The van der Waals surface area contributed by atoms with Gasteiger partial charge in [0.15, 0.2) is 0 Å². The molecule has 1 aliphatic rings. The smallest absolute Gasteiger partial charge is 0.258 e. The summed E-state index contributed by atoms with van der Waals surface area (Å²) in [6.07, 6.45) is -2.50. The van der Waals surface area contributed by atoms with Gasteiger partial charge >= 0.3 is 0 Å². The molecule has 0 saturated carbocycles. The molecule has 1 saturated heterocycles. The predicted molar refractivity (Wildman–Crippen MR) is 81.8 cm³/mol. The zero-order valence-corrected chi connectivity index (χ0v) is 13.7. The van der Waals surface area contributed by atoms with Gasteiger partial charge in [-0.2, -0.15) is 0 Å². The van der Waals surface area contributed by atoms with Gasteiger partial charge in [0.2, 0.25) is 0 Å². The van der Waals surface area contributed by atoms with Crippen LogP contribution < -0.4 is 5.32 Å². The lowest BCUT2D eigenvalue weighted by molar-refractivity contribution is 0.0178. The number of nitrogens with one attached hydrogen (secondary N) is 1. The maximum Gasteiger partial charge on any atom is 0.258 e. The van der Waals surface area contributed by atoms with E-state index in [1.54, 1.807) is 4.90 Å². The normalized spacial score (nSPS) is 17.2. The standard InChI is InChI=1S/C12H14BrF3N2.2ClH/c13-10-7-8(14)1-2-9(10)11(12(15)16)18-5-3-17-4-6-18;;/h1-2,7,11-12,17H,3-6H2;2*1H/t11-;;/m0../s1. The number of rotatable bonds is 3. The molecule has 0 amide bonds. The summed E-state index contributed by atoms with van der Waals surface area (Å²) in [6.45, 7) is 2.53. The molecule has 1 aromatic carbocycles. The second-order valence-electron chi connectivity index (χ2n) is 4.23. The van der Waals surface area contributed by atoms with Crippen LogP contribution in [0.3, 0.4) is 0 Å². The van der Waals surface area contributed by atoms with Crippen LogP contribution >= 0.6 is 40.7 Å². The Hall–Kier alpha value is -0.0100. The van der Waals surface area contributed by atoms with Gasteiger partial charge in [-0.3, -0.25) is 4.90 Å². The van der Waals surface area contributed by atoms with Gasteiger partial charge < -0.3 is 5.32 Å². The highest BCUT2D eigenvalue weighted by Crippen LogP contribution is 2.33. The summed E-state index contributed by atoms with van der Waals surface area (Å²) in [5.74, 6) is -0.432. The Balaban J connectivity index is 0.00000180. The Morgan fingerprint density at radius 3 is 2.25 bits per heavy atom. The van der Waals surface area contributed by atoms with Crippen LogP contribution in [-0.2, 0) is 0 Å². The molecule has 20 heavy (non-hydrogen) atoms. The van der Waals surface area contributed by atoms with Crippen molar-refractivity contribution in [2.24, 2.45) is 0 Å². The van der Waals surface area contributed by atoms with Crippen molar-refractivity contribution in [3.05, 3.63) is 34.1 Å². The van der Waals surface area contributed by atoms with Crippen LogP contribution in [0.1, 0.15) is 11.6 Å². The monoisotopic (exact) mass is 394 g/mol. The molecule has 1 heterocycles. The average molecular weight is 396 g/mol. The molecule has 1 N–H and O–H groups in total. The summed E-state index contributed by atoms with van der Waals surface area (Å²) in [7, 11) is 0. The van der Waals surface area contributed by atoms with Crippen LogP contribution in [0.4, 0.5) is 13.2 Å². The molecule has 1 aliphatic heterocycles. The first-order valence-electron chi connectivity index (χ1n) is 5.77. The van der Waals surface area contributed by atoms with Crippen LogP contribution in [-0.4, -0.2) is 37.5 Å². The zero-order valence-electron chi connectivity index (χ0n) is 10.5. The number of alkyl halides is 2. The molecule has 2 rings (SSSR count). The Bertz CT molecular complexity index is 418. The second kappa shape index (κ2) is 9.10. The number of nitrogens with zero attached hydrogens (tertiary/aromatic N) is 1. The van der Waals surface area contributed by atoms with Gasteiger partial charge in [0.05, 0.1) is 6.04 Å². The molecule has 0 bridgehead atoms. The van der Waals surface area contributed by atoms with E-state index in [2.05, 4.69) is 21.2 Å². The van der Waals surface area contributed by atoms with E-state index in [0.29, 0.717) is 36.2 Å². The minimum absolute atomic E-state index is 0. The molecule has 0 aliphatic carbocycles. The first-order chi connectivity index (χ1) is 8.59. The average Bonchev–Trinajstić information content (AvgIpc) is 2.33. The molecule has 0 aromatic heterocycles. The van der Waals surface area contributed by atoms with Crippen LogP contribution in [0.5, 0.6) is 0 Å². The molecule has 0 spiro atoms. The lowest BCUT2D eigenvalue weighted by Gasteiger charge is -2.35. The lowest BCUT2D eigenvalue weighted by atomic mass is 10.0. The van der Waals surface area contributed by atoms with Gasteiger partial charge in [-0.15, -0.1) is 24.8 Å². The van der Waals surface area contributed by atoms with E-state index < -0.39 is 18.3 Å². The molecule has 2 nitrogen and oxygen atoms in total. The SMILES string of the molecule is Cl.Cl.Fc1ccc([C@@H](C(F)F)N2CCNCC2)c(Br)c1. The molecular weight excluding hydrogens is 380 g/mol. The highest BCUT2D eigenvalue weighted by Gasteiger charge is 2.31. The van der Waals surface area contributed by atoms with Crippen LogP contribution in [0.2, 0.25) is 0 Å². The fourth-order valence-electron chi connectivity index (χ4n) is 2.19. The van der Waals surface area contributed by atoms with E-state index in [1.165, 1.54) is 18.2 Å². The van der Waals surface area contributed by atoms with E-state index in [4.69, 9.17) is 0 Å². The fourth-order valence-corrected chi connectivity index (χ4v) is 2.78. The molecule has 1 fully saturated rings. The molecule has 0 unspecified atom stereocenters. The topological polar surface area (TPSA) is 15.3 Å². The Labute approximate surface area is 137 Å². The summed E-state index contributed by atoms with van der Waals surface area (Å²) in [5, 5.41) is 3.13.